The van der Waals surface area contributed by atoms with Crippen LogP contribution in [0, 0.1) is 5.92 Å². The molecule has 116 valence electrons. The van der Waals surface area contributed by atoms with Gasteiger partial charge < -0.3 is 15.7 Å². The summed E-state index contributed by atoms with van der Waals surface area (Å²) in [6, 6.07) is 6.54. The van der Waals surface area contributed by atoms with Gasteiger partial charge >= 0.3 is 0 Å². The number of aliphatic hydroxyl groups excluding tert-OH is 1. The zero-order chi connectivity index (χ0) is 15.8. The normalized spacial score (nSPS) is 12.0. The van der Waals surface area contributed by atoms with Gasteiger partial charge in [0.25, 0.3) is 5.91 Å². The van der Waals surface area contributed by atoms with Crippen LogP contribution in [0.25, 0.3) is 0 Å². The Morgan fingerprint density at radius 1 is 1.29 bits per heavy atom. The molecule has 1 aromatic carbocycles. The van der Waals surface area contributed by atoms with E-state index < -0.39 is 0 Å². The van der Waals surface area contributed by atoms with Crippen molar-refractivity contribution in [3.05, 3.63) is 34.9 Å². The van der Waals surface area contributed by atoms with Crippen molar-refractivity contribution in [1.82, 2.24) is 10.6 Å². The molecule has 0 saturated carbocycles. The molecule has 21 heavy (non-hydrogen) atoms. The van der Waals surface area contributed by atoms with E-state index in [9.17, 15) is 9.59 Å². The van der Waals surface area contributed by atoms with Crippen LogP contribution in [-0.2, 0) is 4.79 Å². The molecule has 5 nitrogen and oxygen atoms in total. The highest BCUT2D eigenvalue weighted by Crippen LogP contribution is 2.14. The van der Waals surface area contributed by atoms with Gasteiger partial charge in [-0.25, -0.2) is 0 Å². The van der Waals surface area contributed by atoms with Gasteiger partial charge in [0.15, 0.2) is 0 Å². The Bertz CT molecular complexity index is 492. The molecule has 0 saturated heterocycles. The van der Waals surface area contributed by atoms with Crippen LogP contribution in [0.4, 0.5) is 0 Å². The Balaban J connectivity index is 2.49. The molecule has 6 heteroatoms. The first-order valence-electron chi connectivity index (χ1n) is 6.88. The van der Waals surface area contributed by atoms with E-state index in [1.54, 1.807) is 24.3 Å². The van der Waals surface area contributed by atoms with Gasteiger partial charge in [-0.05, 0) is 24.5 Å². The van der Waals surface area contributed by atoms with Gasteiger partial charge in [0.05, 0.1) is 17.1 Å². The van der Waals surface area contributed by atoms with Crippen LogP contribution in [0.2, 0.25) is 5.02 Å². The predicted molar refractivity (Wildman–Crippen MR) is 82.3 cm³/mol. The average molecular weight is 313 g/mol. The first-order chi connectivity index (χ1) is 9.95. The van der Waals surface area contributed by atoms with E-state index in [1.165, 1.54) is 0 Å². The number of halogens is 1. The van der Waals surface area contributed by atoms with E-state index in [1.807, 2.05) is 13.8 Å². The second-order valence-electron chi connectivity index (χ2n) is 5.09. The van der Waals surface area contributed by atoms with Crippen molar-refractivity contribution in [3.8, 4) is 0 Å². The quantitative estimate of drug-likeness (QED) is 0.715. The van der Waals surface area contributed by atoms with Gasteiger partial charge in [0.1, 0.15) is 0 Å². The second-order valence-corrected chi connectivity index (χ2v) is 5.50. The molecular weight excluding hydrogens is 292 g/mol. The van der Waals surface area contributed by atoms with Gasteiger partial charge in [-0.2, -0.15) is 0 Å². The van der Waals surface area contributed by atoms with Crippen LogP contribution in [0.5, 0.6) is 0 Å². The van der Waals surface area contributed by atoms with Crippen molar-refractivity contribution < 1.29 is 14.7 Å². The molecule has 0 radical (unpaired) electrons. The monoisotopic (exact) mass is 312 g/mol. The zero-order valence-electron chi connectivity index (χ0n) is 12.2. The van der Waals surface area contributed by atoms with E-state index in [0.717, 1.165) is 0 Å². The van der Waals surface area contributed by atoms with Crippen molar-refractivity contribution in [3.63, 3.8) is 0 Å². The summed E-state index contributed by atoms with van der Waals surface area (Å²) < 4.78 is 0. The zero-order valence-corrected chi connectivity index (χ0v) is 13.0. The maximum Gasteiger partial charge on any atom is 0.253 e. The minimum atomic E-state index is -0.390. The van der Waals surface area contributed by atoms with Gasteiger partial charge in [-0.1, -0.05) is 37.6 Å². The second kappa shape index (κ2) is 8.64. The maximum absolute atomic E-state index is 11.9. The van der Waals surface area contributed by atoms with Crippen LogP contribution in [-0.4, -0.2) is 36.1 Å². The van der Waals surface area contributed by atoms with Crippen LogP contribution < -0.4 is 10.6 Å². The van der Waals surface area contributed by atoms with E-state index in [4.69, 9.17) is 16.7 Å². The number of nitrogens with one attached hydrogen (secondary N) is 2. The lowest BCUT2D eigenvalue weighted by atomic mass is 10.0. The molecule has 0 aliphatic heterocycles. The van der Waals surface area contributed by atoms with Crippen LogP contribution >= 0.6 is 11.6 Å². The molecule has 0 spiro atoms. The van der Waals surface area contributed by atoms with Crippen molar-refractivity contribution in [2.75, 3.05) is 13.2 Å². The van der Waals surface area contributed by atoms with Gasteiger partial charge in [0, 0.05) is 12.6 Å². The number of hydrogen-bond donors (Lipinski definition) is 3. The molecule has 1 atom stereocenters. The summed E-state index contributed by atoms with van der Waals surface area (Å²) >= 11 is 5.91. The fourth-order valence-corrected chi connectivity index (χ4v) is 2.09. The smallest absolute Gasteiger partial charge is 0.253 e. The molecule has 3 N–H and O–H groups in total. The fourth-order valence-electron chi connectivity index (χ4n) is 1.87. The Morgan fingerprint density at radius 3 is 2.52 bits per heavy atom. The summed E-state index contributed by atoms with van der Waals surface area (Å²) in [5.41, 5.74) is 0.336. The summed E-state index contributed by atoms with van der Waals surface area (Å²) in [5, 5.41) is 14.6. The Hall–Kier alpha value is -1.59. The largest absolute Gasteiger partial charge is 0.396 e. The van der Waals surface area contributed by atoms with Crippen LogP contribution in [0.15, 0.2) is 24.3 Å². The third-order valence-electron chi connectivity index (χ3n) is 3.12. The van der Waals surface area contributed by atoms with Crippen molar-refractivity contribution in [2.24, 2.45) is 5.92 Å². The summed E-state index contributed by atoms with van der Waals surface area (Å²) in [4.78, 5) is 23.7. The molecule has 0 fully saturated rings. The van der Waals surface area contributed by atoms with E-state index in [2.05, 4.69) is 10.6 Å². The van der Waals surface area contributed by atoms with Gasteiger partial charge in [-0.15, -0.1) is 0 Å². The molecule has 0 aliphatic carbocycles. The van der Waals surface area contributed by atoms with Crippen LogP contribution in [0.3, 0.4) is 0 Å². The number of carbonyl (C=O) groups is 2. The standard InChI is InChI=1S/C15H21ClN2O3/c1-10(2)13(7-8-19)18-14(20)9-17-15(21)11-5-3-4-6-12(11)16/h3-6,10,13,19H,7-9H2,1-2H3,(H,17,21)(H,18,20). The summed E-state index contributed by atoms with van der Waals surface area (Å²) in [7, 11) is 0. The van der Waals surface area contributed by atoms with Gasteiger partial charge in [0.2, 0.25) is 5.91 Å². The number of hydrogen-bond acceptors (Lipinski definition) is 3. The third kappa shape index (κ3) is 5.73. The topological polar surface area (TPSA) is 78.4 Å². The summed E-state index contributed by atoms with van der Waals surface area (Å²) in [5.74, 6) is -0.470. The first-order valence-corrected chi connectivity index (χ1v) is 7.26. The molecule has 1 aromatic rings. The van der Waals surface area contributed by atoms with Crippen molar-refractivity contribution in [2.45, 2.75) is 26.3 Å². The third-order valence-corrected chi connectivity index (χ3v) is 3.45. The first kappa shape index (κ1) is 17.5. The fraction of sp³-hybridized carbons (Fsp3) is 0.467. The molecule has 2 amide bonds. The Kier molecular flexibility index (Phi) is 7.19. The molecular formula is C15H21ClN2O3. The summed E-state index contributed by atoms with van der Waals surface area (Å²) in [6.45, 7) is 3.81. The number of carbonyl (C=O) groups excluding carboxylic acids is 2. The number of benzene rings is 1. The molecule has 0 aromatic heterocycles. The molecule has 0 bridgehead atoms. The minimum Gasteiger partial charge on any atom is -0.396 e. The van der Waals surface area contributed by atoms with E-state index in [0.29, 0.717) is 17.0 Å². The molecule has 1 rings (SSSR count). The highest BCUT2D eigenvalue weighted by atomic mass is 35.5. The lowest BCUT2D eigenvalue weighted by Gasteiger charge is -2.21. The molecule has 0 aliphatic rings. The molecule has 1 unspecified atom stereocenters. The van der Waals surface area contributed by atoms with E-state index >= 15 is 0 Å². The predicted octanol–water partition coefficient (Wildman–Crippen LogP) is 1.59. The lowest BCUT2D eigenvalue weighted by Crippen LogP contribution is -2.44. The maximum atomic E-state index is 11.9. The number of rotatable bonds is 7. The Labute approximate surface area is 129 Å². The van der Waals surface area contributed by atoms with Crippen molar-refractivity contribution >= 4 is 23.4 Å². The van der Waals surface area contributed by atoms with Crippen LogP contribution in [0.1, 0.15) is 30.6 Å². The summed E-state index contributed by atoms with van der Waals surface area (Å²) in [6.07, 6.45) is 0.488. The highest BCUT2D eigenvalue weighted by Gasteiger charge is 2.16. The van der Waals surface area contributed by atoms with Gasteiger partial charge in [-0.3, -0.25) is 9.59 Å². The van der Waals surface area contributed by atoms with E-state index in [-0.39, 0.29) is 36.9 Å². The van der Waals surface area contributed by atoms with Crippen molar-refractivity contribution in [1.29, 1.82) is 0 Å². The average Bonchev–Trinajstić information content (AvgIpc) is 2.44. The highest BCUT2D eigenvalue weighted by molar-refractivity contribution is 6.33. The number of amides is 2. The Morgan fingerprint density at radius 2 is 1.95 bits per heavy atom. The minimum absolute atomic E-state index is 0.00904. The lowest BCUT2D eigenvalue weighted by molar-refractivity contribution is -0.121. The SMILES string of the molecule is CC(C)C(CCO)NC(=O)CNC(=O)c1ccccc1Cl. The number of aliphatic hydroxyl groups is 1. The molecule has 0 heterocycles.